The van der Waals surface area contributed by atoms with Gasteiger partial charge in [0.2, 0.25) is 20.0 Å². The summed E-state index contributed by atoms with van der Waals surface area (Å²) in [6, 6.07) is 15.5. The molecule has 9 heteroatoms. The standard InChI is InChI=1S/C22H25N3O4S2/c1-17(2)18-8-10-20(11-9-18)30(26,27)24-13-15-25(16-14-24)31(28,29)21-7-3-5-19-6-4-12-23-22(19)21/h3-12,17H,13-16H2,1-2H3. The van der Waals surface area contributed by atoms with Gasteiger partial charge in [-0.3, -0.25) is 4.98 Å². The van der Waals surface area contributed by atoms with Crippen molar-refractivity contribution in [2.45, 2.75) is 29.6 Å². The summed E-state index contributed by atoms with van der Waals surface area (Å²) in [5.74, 6) is 0.314. The molecular weight excluding hydrogens is 434 g/mol. The molecule has 0 amide bonds. The smallest absolute Gasteiger partial charge is 0.245 e. The molecule has 0 bridgehead atoms. The van der Waals surface area contributed by atoms with Gasteiger partial charge >= 0.3 is 0 Å². The zero-order chi connectivity index (χ0) is 22.2. The number of pyridine rings is 1. The molecule has 0 radical (unpaired) electrons. The van der Waals surface area contributed by atoms with Gasteiger partial charge in [-0.1, -0.05) is 44.2 Å². The van der Waals surface area contributed by atoms with Crippen molar-refractivity contribution in [3.8, 4) is 0 Å². The number of sulfonamides is 2. The van der Waals surface area contributed by atoms with Crippen LogP contribution in [0.4, 0.5) is 0 Å². The van der Waals surface area contributed by atoms with E-state index >= 15 is 0 Å². The Morgan fingerprint density at radius 1 is 0.774 bits per heavy atom. The number of rotatable bonds is 5. The minimum absolute atomic E-state index is 0.0921. The zero-order valence-corrected chi connectivity index (χ0v) is 19.1. The van der Waals surface area contributed by atoms with E-state index in [4.69, 9.17) is 0 Å². The van der Waals surface area contributed by atoms with Gasteiger partial charge in [0.05, 0.1) is 10.4 Å². The van der Waals surface area contributed by atoms with E-state index in [1.54, 1.807) is 36.5 Å². The SMILES string of the molecule is CC(C)c1ccc(S(=O)(=O)N2CCN(S(=O)(=O)c3cccc4cccnc34)CC2)cc1. The van der Waals surface area contributed by atoms with Crippen molar-refractivity contribution in [2.75, 3.05) is 26.2 Å². The second-order valence-corrected chi connectivity index (χ2v) is 11.7. The van der Waals surface area contributed by atoms with Gasteiger partial charge in [0.15, 0.2) is 0 Å². The van der Waals surface area contributed by atoms with Crippen LogP contribution >= 0.6 is 0 Å². The van der Waals surface area contributed by atoms with Crippen LogP contribution in [0.3, 0.4) is 0 Å². The Morgan fingerprint density at radius 3 is 1.97 bits per heavy atom. The normalized spacial score (nSPS) is 16.7. The van der Waals surface area contributed by atoms with Crippen molar-refractivity contribution < 1.29 is 16.8 Å². The molecule has 2 heterocycles. The molecule has 0 saturated carbocycles. The maximum atomic E-state index is 13.2. The predicted molar refractivity (Wildman–Crippen MR) is 120 cm³/mol. The van der Waals surface area contributed by atoms with Gasteiger partial charge in [-0.05, 0) is 35.7 Å². The average molecular weight is 460 g/mol. The van der Waals surface area contributed by atoms with Crippen LogP contribution < -0.4 is 0 Å². The lowest BCUT2D eigenvalue weighted by molar-refractivity contribution is 0.273. The van der Waals surface area contributed by atoms with Gasteiger partial charge in [0, 0.05) is 37.8 Å². The summed E-state index contributed by atoms with van der Waals surface area (Å²) in [6.45, 7) is 4.49. The van der Waals surface area contributed by atoms with E-state index < -0.39 is 20.0 Å². The maximum Gasteiger partial charge on any atom is 0.245 e. The van der Waals surface area contributed by atoms with Crippen LogP contribution in [0.5, 0.6) is 0 Å². The summed E-state index contributed by atoms with van der Waals surface area (Å²) in [5, 5.41) is 0.745. The average Bonchev–Trinajstić information content (AvgIpc) is 2.78. The Kier molecular flexibility index (Phi) is 5.87. The molecule has 1 aliphatic rings. The van der Waals surface area contributed by atoms with Crippen molar-refractivity contribution in [3.05, 3.63) is 66.4 Å². The molecular formula is C22H25N3O4S2. The highest BCUT2D eigenvalue weighted by atomic mass is 32.2. The summed E-state index contributed by atoms with van der Waals surface area (Å²) in [7, 11) is -7.46. The zero-order valence-electron chi connectivity index (χ0n) is 17.5. The number of hydrogen-bond acceptors (Lipinski definition) is 5. The minimum atomic E-state index is -3.79. The number of hydrogen-bond donors (Lipinski definition) is 0. The molecule has 3 aromatic rings. The highest BCUT2D eigenvalue weighted by Gasteiger charge is 2.34. The maximum absolute atomic E-state index is 13.2. The molecule has 164 valence electrons. The van der Waals surface area contributed by atoms with Crippen LogP contribution in [-0.4, -0.2) is 56.6 Å². The molecule has 0 atom stereocenters. The number of piperazine rings is 1. The summed E-state index contributed by atoms with van der Waals surface area (Å²) < 4.78 is 55.2. The lowest BCUT2D eigenvalue weighted by Crippen LogP contribution is -2.50. The first-order valence-electron chi connectivity index (χ1n) is 10.2. The molecule has 1 fully saturated rings. The van der Waals surface area contributed by atoms with E-state index in [9.17, 15) is 16.8 Å². The molecule has 31 heavy (non-hydrogen) atoms. The molecule has 7 nitrogen and oxygen atoms in total. The Morgan fingerprint density at radius 2 is 1.35 bits per heavy atom. The van der Waals surface area contributed by atoms with Crippen molar-refractivity contribution in [1.29, 1.82) is 0 Å². The van der Waals surface area contributed by atoms with Crippen LogP contribution in [0.2, 0.25) is 0 Å². The van der Waals surface area contributed by atoms with Crippen LogP contribution in [-0.2, 0) is 20.0 Å². The second-order valence-electron chi connectivity index (χ2n) is 7.86. The lowest BCUT2D eigenvalue weighted by atomic mass is 10.0. The van der Waals surface area contributed by atoms with Gasteiger partial charge in [-0.25, -0.2) is 16.8 Å². The van der Waals surface area contributed by atoms with Gasteiger partial charge in [-0.2, -0.15) is 8.61 Å². The van der Waals surface area contributed by atoms with Crippen LogP contribution in [0, 0.1) is 0 Å². The van der Waals surface area contributed by atoms with Crippen molar-refractivity contribution >= 4 is 30.9 Å². The molecule has 1 aromatic heterocycles. The predicted octanol–water partition coefficient (Wildman–Crippen LogP) is 3.05. The first kappa shape index (κ1) is 21.9. The second kappa shape index (κ2) is 8.31. The molecule has 2 aromatic carbocycles. The van der Waals surface area contributed by atoms with Crippen LogP contribution in [0.25, 0.3) is 10.9 Å². The molecule has 4 rings (SSSR count). The van der Waals surface area contributed by atoms with Gasteiger partial charge in [0.25, 0.3) is 0 Å². The third kappa shape index (κ3) is 4.10. The van der Waals surface area contributed by atoms with E-state index in [1.807, 2.05) is 24.3 Å². The molecule has 1 saturated heterocycles. The molecule has 0 unspecified atom stereocenters. The van der Waals surface area contributed by atoms with Crippen molar-refractivity contribution in [1.82, 2.24) is 13.6 Å². The lowest BCUT2D eigenvalue weighted by Gasteiger charge is -2.33. The number of nitrogens with zero attached hydrogens (tertiary/aromatic N) is 3. The Bertz CT molecular complexity index is 1290. The number of fused-ring (bicyclic) bond motifs is 1. The van der Waals surface area contributed by atoms with Gasteiger partial charge < -0.3 is 0 Å². The van der Waals surface area contributed by atoms with Gasteiger partial charge in [-0.15, -0.1) is 0 Å². The Hall–Kier alpha value is -2.33. The Balaban J connectivity index is 1.54. The monoisotopic (exact) mass is 459 g/mol. The van der Waals surface area contributed by atoms with E-state index in [1.165, 1.54) is 8.61 Å². The first-order valence-corrected chi connectivity index (χ1v) is 13.0. The summed E-state index contributed by atoms with van der Waals surface area (Å²) in [4.78, 5) is 4.62. The number of aromatic nitrogens is 1. The Labute approximate surface area is 183 Å². The fraction of sp³-hybridized carbons (Fsp3) is 0.318. The minimum Gasteiger partial charge on any atom is -0.255 e. The largest absolute Gasteiger partial charge is 0.255 e. The fourth-order valence-corrected chi connectivity index (χ4v) is 6.76. The molecule has 0 spiro atoms. The molecule has 1 aliphatic heterocycles. The van der Waals surface area contributed by atoms with Crippen LogP contribution in [0.15, 0.2) is 70.6 Å². The summed E-state index contributed by atoms with van der Waals surface area (Å²) in [5.41, 5.74) is 1.49. The third-order valence-electron chi connectivity index (χ3n) is 5.60. The third-order valence-corrected chi connectivity index (χ3v) is 9.44. The van der Waals surface area contributed by atoms with E-state index in [2.05, 4.69) is 18.8 Å². The summed E-state index contributed by atoms with van der Waals surface area (Å²) >= 11 is 0. The number of benzene rings is 2. The summed E-state index contributed by atoms with van der Waals surface area (Å²) in [6.07, 6.45) is 1.57. The van der Waals surface area contributed by atoms with Gasteiger partial charge in [0.1, 0.15) is 4.90 Å². The van der Waals surface area contributed by atoms with Crippen molar-refractivity contribution in [3.63, 3.8) is 0 Å². The van der Waals surface area contributed by atoms with E-state index in [0.29, 0.717) is 11.4 Å². The fourth-order valence-electron chi connectivity index (χ4n) is 3.75. The van der Waals surface area contributed by atoms with Crippen molar-refractivity contribution in [2.24, 2.45) is 0 Å². The highest BCUT2D eigenvalue weighted by molar-refractivity contribution is 7.89. The highest BCUT2D eigenvalue weighted by Crippen LogP contribution is 2.26. The van der Waals surface area contributed by atoms with E-state index in [0.717, 1.165) is 10.9 Å². The number of para-hydroxylation sites is 1. The van der Waals surface area contributed by atoms with Crippen LogP contribution in [0.1, 0.15) is 25.3 Å². The quantitative estimate of drug-likeness (QED) is 0.585. The topological polar surface area (TPSA) is 87.7 Å². The molecule has 0 N–H and O–H groups in total. The molecule has 0 aliphatic carbocycles. The first-order chi connectivity index (χ1) is 14.7. The van der Waals surface area contributed by atoms with E-state index in [-0.39, 0.29) is 36.0 Å².